The highest BCUT2D eigenvalue weighted by Crippen LogP contribution is 2.25. The lowest BCUT2D eigenvalue weighted by Gasteiger charge is -1.91. The van der Waals surface area contributed by atoms with Crippen LogP contribution in [0.3, 0.4) is 0 Å². The number of aromatic nitrogens is 2. The Balaban J connectivity index is 2.91. The van der Waals surface area contributed by atoms with E-state index in [0.29, 0.717) is 10.3 Å². The van der Waals surface area contributed by atoms with Crippen molar-refractivity contribution in [2.75, 3.05) is 0 Å². The monoisotopic (exact) mass is 204 g/mol. The highest BCUT2D eigenvalue weighted by Gasteiger charge is 2.04. The molecule has 0 aromatic carbocycles. The molecule has 0 saturated heterocycles. The van der Waals surface area contributed by atoms with Gasteiger partial charge in [0, 0.05) is 0 Å². The molecule has 56 valence electrons. The lowest BCUT2D eigenvalue weighted by molar-refractivity contribution is 1.34. The van der Waals surface area contributed by atoms with Crippen LogP contribution in [0.1, 0.15) is 0 Å². The van der Waals surface area contributed by atoms with Gasteiger partial charge in [-0.1, -0.05) is 23.2 Å². The van der Waals surface area contributed by atoms with Crippen LogP contribution >= 0.6 is 34.5 Å². The maximum Gasteiger partial charge on any atom is 0.157 e. The van der Waals surface area contributed by atoms with Crippen molar-refractivity contribution in [3.63, 3.8) is 0 Å². The number of hydrogen-bond donors (Lipinski definition) is 0. The van der Waals surface area contributed by atoms with Gasteiger partial charge in [-0.25, -0.2) is 9.97 Å². The van der Waals surface area contributed by atoms with E-state index in [0.717, 1.165) is 10.2 Å². The van der Waals surface area contributed by atoms with Gasteiger partial charge in [0.1, 0.15) is 10.7 Å². The Morgan fingerprint density at radius 1 is 1.36 bits per heavy atom. The summed E-state index contributed by atoms with van der Waals surface area (Å²) in [6.45, 7) is 0. The van der Waals surface area contributed by atoms with Crippen LogP contribution in [0.15, 0.2) is 11.6 Å². The number of pyridine rings is 1. The van der Waals surface area contributed by atoms with E-state index in [2.05, 4.69) is 9.97 Å². The molecule has 2 heterocycles. The Kier molecular flexibility index (Phi) is 1.71. The minimum absolute atomic E-state index is 0.369. The Morgan fingerprint density at radius 3 is 3.00 bits per heavy atom. The average molecular weight is 205 g/mol. The molecule has 0 radical (unpaired) electrons. The second-order valence-electron chi connectivity index (χ2n) is 1.93. The molecule has 5 heteroatoms. The summed E-state index contributed by atoms with van der Waals surface area (Å²) in [5, 5.41) is 0.778. The summed E-state index contributed by atoms with van der Waals surface area (Å²) in [6.07, 6.45) is 0. The topological polar surface area (TPSA) is 25.8 Å². The number of rotatable bonds is 0. The molecular weight excluding hydrogens is 203 g/mol. The number of halogens is 2. The molecule has 2 nitrogen and oxygen atoms in total. The summed E-state index contributed by atoms with van der Waals surface area (Å²) in [6, 6.07) is 1.75. The molecule has 2 aromatic rings. The molecule has 0 aliphatic heterocycles. The van der Waals surface area contributed by atoms with Crippen LogP contribution in [-0.2, 0) is 0 Å². The minimum Gasteiger partial charge on any atom is -0.241 e. The van der Waals surface area contributed by atoms with Gasteiger partial charge in [0.05, 0.1) is 10.2 Å². The van der Waals surface area contributed by atoms with Crippen LogP contribution in [0.2, 0.25) is 10.3 Å². The molecule has 0 fully saturated rings. The Hall–Kier alpha value is -0.380. The van der Waals surface area contributed by atoms with Crippen molar-refractivity contribution in [2.24, 2.45) is 0 Å². The third-order valence-corrected chi connectivity index (χ3v) is 2.48. The van der Waals surface area contributed by atoms with Gasteiger partial charge in [0.25, 0.3) is 0 Å². The van der Waals surface area contributed by atoms with Crippen LogP contribution in [0.4, 0.5) is 0 Å². The first kappa shape index (κ1) is 7.28. The molecule has 2 rings (SSSR count). The fourth-order valence-electron chi connectivity index (χ4n) is 0.800. The summed E-state index contributed by atoms with van der Waals surface area (Å²) >= 11 is 12.9. The smallest absolute Gasteiger partial charge is 0.157 e. The maximum atomic E-state index is 5.75. The normalized spacial score (nSPS) is 10.7. The second-order valence-corrected chi connectivity index (χ2v) is 3.57. The molecule has 0 bridgehead atoms. The van der Waals surface area contributed by atoms with E-state index < -0.39 is 0 Å². The molecule has 0 aliphatic rings. The van der Waals surface area contributed by atoms with Crippen molar-refractivity contribution in [3.8, 4) is 0 Å². The first-order valence-electron chi connectivity index (χ1n) is 2.82. The Morgan fingerprint density at radius 2 is 2.18 bits per heavy atom. The maximum absolute atomic E-state index is 5.75. The van der Waals surface area contributed by atoms with Gasteiger partial charge < -0.3 is 0 Å². The zero-order valence-corrected chi connectivity index (χ0v) is 7.54. The van der Waals surface area contributed by atoms with Gasteiger partial charge in [0.15, 0.2) is 5.15 Å². The van der Waals surface area contributed by atoms with Gasteiger partial charge in [-0.3, -0.25) is 0 Å². The number of thiazole rings is 1. The van der Waals surface area contributed by atoms with Gasteiger partial charge in [-0.05, 0) is 6.07 Å². The summed E-state index contributed by atoms with van der Waals surface area (Å²) in [5.41, 5.74) is 2.44. The minimum atomic E-state index is 0.369. The van der Waals surface area contributed by atoms with E-state index in [-0.39, 0.29) is 0 Å². The fraction of sp³-hybridized carbons (Fsp3) is 0. The quantitative estimate of drug-likeness (QED) is 0.617. The Labute approximate surface area is 76.8 Å². The molecule has 0 amide bonds. The molecule has 11 heavy (non-hydrogen) atoms. The predicted octanol–water partition coefficient (Wildman–Crippen LogP) is 3.00. The highest BCUT2D eigenvalue weighted by molar-refractivity contribution is 7.16. The van der Waals surface area contributed by atoms with Crippen molar-refractivity contribution in [2.45, 2.75) is 0 Å². The zero-order valence-electron chi connectivity index (χ0n) is 5.21. The lowest BCUT2D eigenvalue weighted by atomic mass is 10.4. The van der Waals surface area contributed by atoms with Crippen molar-refractivity contribution in [1.82, 2.24) is 9.97 Å². The van der Waals surface area contributed by atoms with Crippen molar-refractivity contribution < 1.29 is 0 Å². The molecular formula is C6H2Cl2N2S. The fourth-order valence-corrected chi connectivity index (χ4v) is 2.11. The van der Waals surface area contributed by atoms with Crippen LogP contribution in [0, 0.1) is 0 Å². The summed E-state index contributed by atoms with van der Waals surface area (Å²) in [4.78, 5) is 7.87. The third-order valence-electron chi connectivity index (χ3n) is 1.25. The molecule has 0 spiro atoms. The SMILES string of the molecule is Clc1cc2scnc2c(Cl)n1. The predicted molar refractivity (Wildman–Crippen MR) is 47.4 cm³/mol. The van der Waals surface area contributed by atoms with Crippen LogP contribution in [0.25, 0.3) is 10.2 Å². The van der Waals surface area contributed by atoms with Gasteiger partial charge in [0.2, 0.25) is 0 Å². The lowest BCUT2D eigenvalue weighted by Crippen LogP contribution is -1.77. The van der Waals surface area contributed by atoms with E-state index >= 15 is 0 Å². The number of hydrogen-bond acceptors (Lipinski definition) is 3. The van der Waals surface area contributed by atoms with E-state index in [1.54, 1.807) is 11.6 Å². The summed E-state index contributed by atoms with van der Waals surface area (Å²) < 4.78 is 0.968. The molecule has 0 N–H and O–H groups in total. The van der Waals surface area contributed by atoms with Gasteiger partial charge in [-0.15, -0.1) is 11.3 Å². The molecule has 0 aliphatic carbocycles. The summed E-state index contributed by atoms with van der Waals surface area (Å²) in [7, 11) is 0. The van der Waals surface area contributed by atoms with Crippen molar-refractivity contribution in [1.29, 1.82) is 0 Å². The molecule has 2 aromatic heterocycles. The second kappa shape index (κ2) is 2.59. The van der Waals surface area contributed by atoms with Crippen molar-refractivity contribution >= 4 is 44.8 Å². The van der Waals surface area contributed by atoms with E-state index in [1.807, 2.05) is 0 Å². The van der Waals surface area contributed by atoms with E-state index in [1.165, 1.54) is 11.3 Å². The molecule has 0 atom stereocenters. The van der Waals surface area contributed by atoms with Crippen LogP contribution in [0.5, 0.6) is 0 Å². The molecule has 0 saturated carbocycles. The largest absolute Gasteiger partial charge is 0.241 e. The Bertz CT molecular complexity index is 398. The van der Waals surface area contributed by atoms with Gasteiger partial charge >= 0.3 is 0 Å². The van der Waals surface area contributed by atoms with Crippen LogP contribution in [-0.4, -0.2) is 9.97 Å². The highest BCUT2D eigenvalue weighted by atomic mass is 35.5. The zero-order chi connectivity index (χ0) is 7.84. The van der Waals surface area contributed by atoms with E-state index in [4.69, 9.17) is 23.2 Å². The summed E-state index contributed by atoms with van der Waals surface area (Å²) in [5.74, 6) is 0. The van der Waals surface area contributed by atoms with Crippen LogP contribution < -0.4 is 0 Å². The van der Waals surface area contributed by atoms with E-state index in [9.17, 15) is 0 Å². The number of nitrogens with zero attached hydrogens (tertiary/aromatic N) is 2. The molecule has 0 unspecified atom stereocenters. The average Bonchev–Trinajstić information content (AvgIpc) is 2.34. The third kappa shape index (κ3) is 1.20. The number of fused-ring (bicyclic) bond motifs is 1. The first-order chi connectivity index (χ1) is 5.27. The first-order valence-corrected chi connectivity index (χ1v) is 4.46. The van der Waals surface area contributed by atoms with Gasteiger partial charge in [-0.2, -0.15) is 0 Å². The standard InChI is InChI=1S/C6H2Cl2N2S/c7-4-1-3-5(6(8)10-4)9-2-11-3/h1-2H. The van der Waals surface area contributed by atoms with Crippen molar-refractivity contribution in [3.05, 3.63) is 21.9 Å².